The molecule has 0 bridgehead atoms. The highest BCUT2D eigenvalue weighted by Crippen LogP contribution is 2.24. The third kappa shape index (κ3) is 3.81. The van der Waals surface area contributed by atoms with E-state index < -0.39 is 0 Å². The first-order valence-corrected chi connectivity index (χ1v) is 8.44. The van der Waals surface area contributed by atoms with Gasteiger partial charge in [0.2, 0.25) is 0 Å². The Hall–Kier alpha value is -2.97. The first-order chi connectivity index (χ1) is 12.5. The van der Waals surface area contributed by atoms with E-state index in [1.165, 1.54) is 19.2 Å². The minimum Gasteiger partial charge on any atom is -0.470 e. The second-order valence-corrected chi connectivity index (χ2v) is 6.39. The summed E-state index contributed by atoms with van der Waals surface area (Å²) in [6.07, 6.45) is 4.68. The molecule has 9 nitrogen and oxygen atoms in total. The summed E-state index contributed by atoms with van der Waals surface area (Å²) in [6, 6.07) is 2.81. The average molecular weight is 358 g/mol. The number of hydrogen-bond acceptors (Lipinski definition) is 7. The first-order valence-electron chi connectivity index (χ1n) is 8.44. The smallest absolute Gasteiger partial charge is 0.274 e. The third-order valence-electron chi connectivity index (χ3n) is 4.19. The van der Waals surface area contributed by atoms with Gasteiger partial charge in [0.25, 0.3) is 17.3 Å². The Labute approximate surface area is 151 Å². The van der Waals surface area contributed by atoms with Crippen molar-refractivity contribution in [3.8, 4) is 5.88 Å². The maximum Gasteiger partial charge on any atom is 0.274 e. The third-order valence-corrected chi connectivity index (χ3v) is 4.19. The predicted octanol–water partition coefficient (Wildman–Crippen LogP) is 0.320. The van der Waals surface area contributed by atoms with Crippen LogP contribution in [-0.2, 0) is 7.05 Å². The molecule has 138 valence electrons. The predicted molar refractivity (Wildman–Crippen MR) is 95.4 cm³/mol. The molecule has 1 fully saturated rings. The van der Waals surface area contributed by atoms with Crippen molar-refractivity contribution < 1.29 is 9.53 Å². The topological polar surface area (TPSA) is 93.5 Å². The van der Waals surface area contributed by atoms with Crippen molar-refractivity contribution in [1.29, 1.82) is 0 Å². The molecule has 9 heteroatoms. The minimum absolute atomic E-state index is 0.171. The van der Waals surface area contributed by atoms with E-state index in [1.54, 1.807) is 17.3 Å². The van der Waals surface area contributed by atoms with Gasteiger partial charge in [0.1, 0.15) is 11.8 Å². The number of likely N-dealkylation sites (tertiary alicyclic amines) is 1. The highest BCUT2D eigenvalue weighted by atomic mass is 16.5. The number of anilines is 1. The van der Waals surface area contributed by atoms with Gasteiger partial charge in [0.05, 0.1) is 6.54 Å². The fraction of sp³-hybridized carbons (Fsp3) is 0.471. The van der Waals surface area contributed by atoms with Crippen LogP contribution in [0.25, 0.3) is 0 Å². The number of amides is 1. The molecular formula is C17H22N6O3. The Bertz CT molecular complexity index is 850. The van der Waals surface area contributed by atoms with Gasteiger partial charge in [0, 0.05) is 46.1 Å². The van der Waals surface area contributed by atoms with Gasteiger partial charge in [-0.2, -0.15) is 5.10 Å². The molecule has 26 heavy (non-hydrogen) atoms. The lowest BCUT2D eigenvalue weighted by Gasteiger charge is -2.32. The Balaban J connectivity index is 1.72. The second kappa shape index (κ2) is 7.51. The van der Waals surface area contributed by atoms with Crippen LogP contribution < -0.4 is 15.2 Å². The molecule has 1 amide bonds. The number of carbonyl (C=O) groups excluding carboxylic acids is 1. The van der Waals surface area contributed by atoms with E-state index in [2.05, 4.69) is 15.1 Å². The standard InChI is InChI=1S/C17H22N6O3/c1-21(2)15-16(19-9-8-18-15)26-12-5-4-10-23(11-12)17(25)13-6-7-14(24)22(3)20-13/h6-9,12H,4-5,10-11H2,1-3H3/t12-/m1/s1. The Morgan fingerprint density at radius 1 is 1.27 bits per heavy atom. The van der Waals surface area contributed by atoms with E-state index in [1.807, 2.05) is 19.0 Å². The molecule has 2 aromatic rings. The number of rotatable bonds is 4. The molecule has 1 aliphatic heterocycles. The van der Waals surface area contributed by atoms with Gasteiger partial charge in [-0.1, -0.05) is 0 Å². The monoisotopic (exact) mass is 358 g/mol. The summed E-state index contributed by atoms with van der Waals surface area (Å²) in [5, 5.41) is 4.04. The fourth-order valence-corrected chi connectivity index (χ4v) is 2.86. The number of piperidine rings is 1. The Morgan fingerprint density at radius 2 is 2.04 bits per heavy atom. The zero-order valence-electron chi connectivity index (χ0n) is 15.1. The number of nitrogens with zero attached hydrogens (tertiary/aromatic N) is 6. The molecular weight excluding hydrogens is 336 g/mol. The number of hydrogen-bond donors (Lipinski definition) is 0. The van der Waals surface area contributed by atoms with Crippen molar-refractivity contribution in [3.63, 3.8) is 0 Å². The largest absolute Gasteiger partial charge is 0.470 e. The molecule has 1 aliphatic rings. The van der Waals surface area contributed by atoms with Crippen molar-refractivity contribution in [2.45, 2.75) is 18.9 Å². The van der Waals surface area contributed by atoms with Crippen LogP contribution >= 0.6 is 0 Å². The molecule has 1 atom stereocenters. The summed E-state index contributed by atoms with van der Waals surface area (Å²) in [5.74, 6) is 0.897. The fourth-order valence-electron chi connectivity index (χ4n) is 2.86. The average Bonchev–Trinajstić information content (AvgIpc) is 2.64. The van der Waals surface area contributed by atoms with Gasteiger partial charge in [-0.15, -0.1) is 0 Å². The Kier molecular flexibility index (Phi) is 5.15. The van der Waals surface area contributed by atoms with Crippen LogP contribution in [0.15, 0.2) is 29.3 Å². The molecule has 3 heterocycles. The van der Waals surface area contributed by atoms with Crippen molar-refractivity contribution >= 4 is 11.7 Å². The van der Waals surface area contributed by atoms with Crippen molar-refractivity contribution in [2.24, 2.45) is 7.05 Å². The zero-order chi connectivity index (χ0) is 18.7. The SMILES string of the molecule is CN(C)c1nccnc1O[C@@H]1CCCN(C(=O)c2ccc(=O)n(C)n2)C1. The molecule has 3 rings (SSSR count). The molecule has 0 spiro atoms. The molecule has 0 N–H and O–H groups in total. The molecule has 0 unspecified atom stereocenters. The minimum atomic E-state index is -0.250. The van der Waals surface area contributed by atoms with E-state index in [9.17, 15) is 9.59 Å². The van der Waals surface area contributed by atoms with Gasteiger partial charge in [-0.3, -0.25) is 9.59 Å². The maximum absolute atomic E-state index is 12.7. The lowest BCUT2D eigenvalue weighted by atomic mass is 10.1. The van der Waals surface area contributed by atoms with Crippen LogP contribution in [0.5, 0.6) is 5.88 Å². The van der Waals surface area contributed by atoms with Crippen molar-refractivity contribution in [2.75, 3.05) is 32.1 Å². The zero-order valence-corrected chi connectivity index (χ0v) is 15.1. The van der Waals surface area contributed by atoms with E-state index >= 15 is 0 Å². The lowest BCUT2D eigenvalue weighted by molar-refractivity contribution is 0.0521. The molecule has 0 radical (unpaired) electrons. The van der Waals surface area contributed by atoms with Crippen molar-refractivity contribution in [1.82, 2.24) is 24.6 Å². The van der Waals surface area contributed by atoms with Gasteiger partial charge in [0.15, 0.2) is 5.82 Å². The van der Waals surface area contributed by atoms with Crippen LogP contribution in [0.4, 0.5) is 5.82 Å². The summed E-state index contributed by atoms with van der Waals surface area (Å²) in [6.45, 7) is 1.07. The normalized spacial score (nSPS) is 17.0. The molecule has 2 aromatic heterocycles. The summed E-state index contributed by atoms with van der Waals surface area (Å²) in [7, 11) is 5.27. The summed E-state index contributed by atoms with van der Waals surface area (Å²) < 4.78 is 7.18. The highest BCUT2D eigenvalue weighted by molar-refractivity contribution is 5.92. The number of ether oxygens (including phenoxy) is 1. The molecule has 1 saturated heterocycles. The van der Waals surface area contributed by atoms with Crippen LogP contribution in [0.3, 0.4) is 0 Å². The van der Waals surface area contributed by atoms with E-state index in [4.69, 9.17) is 4.74 Å². The number of aromatic nitrogens is 4. The summed E-state index contributed by atoms with van der Waals surface area (Å²) in [5.41, 5.74) is 0.00139. The molecule has 0 saturated carbocycles. The van der Waals surface area contributed by atoms with Crippen molar-refractivity contribution in [3.05, 3.63) is 40.6 Å². The highest BCUT2D eigenvalue weighted by Gasteiger charge is 2.27. The Morgan fingerprint density at radius 3 is 2.77 bits per heavy atom. The maximum atomic E-state index is 12.7. The van der Waals surface area contributed by atoms with Gasteiger partial charge in [-0.25, -0.2) is 14.6 Å². The van der Waals surface area contributed by atoms with Crippen LogP contribution in [0, 0.1) is 0 Å². The summed E-state index contributed by atoms with van der Waals surface area (Å²) >= 11 is 0. The van der Waals surface area contributed by atoms with E-state index in [0.29, 0.717) is 24.8 Å². The number of carbonyl (C=O) groups is 1. The van der Waals surface area contributed by atoms with Crippen LogP contribution in [-0.4, -0.2) is 63.8 Å². The van der Waals surface area contributed by atoms with Gasteiger partial charge < -0.3 is 14.5 Å². The second-order valence-electron chi connectivity index (χ2n) is 6.39. The van der Waals surface area contributed by atoms with Crippen LogP contribution in [0.2, 0.25) is 0 Å². The first kappa shape index (κ1) is 17.8. The summed E-state index contributed by atoms with van der Waals surface area (Å²) in [4.78, 5) is 36.2. The van der Waals surface area contributed by atoms with E-state index in [0.717, 1.165) is 17.5 Å². The van der Waals surface area contributed by atoms with Gasteiger partial charge in [-0.05, 0) is 18.9 Å². The lowest BCUT2D eigenvalue weighted by Crippen LogP contribution is -2.45. The number of aryl methyl sites for hydroxylation is 1. The molecule has 0 aliphatic carbocycles. The quantitative estimate of drug-likeness (QED) is 0.777. The molecule has 0 aromatic carbocycles. The van der Waals surface area contributed by atoms with Crippen LogP contribution in [0.1, 0.15) is 23.3 Å². The van der Waals surface area contributed by atoms with E-state index in [-0.39, 0.29) is 23.3 Å². The van der Waals surface area contributed by atoms with Gasteiger partial charge >= 0.3 is 0 Å².